The Kier molecular flexibility index (Phi) is 4.78. The van der Waals surface area contributed by atoms with Gasteiger partial charge in [-0.25, -0.2) is 9.18 Å². The van der Waals surface area contributed by atoms with E-state index < -0.39 is 0 Å². The van der Waals surface area contributed by atoms with Gasteiger partial charge in [-0.05, 0) is 50.5 Å². The second-order valence-corrected chi connectivity index (χ2v) is 6.86. The first-order valence-corrected chi connectivity index (χ1v) is 8.57. The molecule has 5 nitrogen and oxygen atoms in total. The number of likely N-dealkylation sites (tertiary alicyclic amines) is 1. The highest BCUT2D eigenvalue weighted by atomic mass is 19.1. The number of aliphatic hydroxyl groups is 1. The van der Waals surface area contributed by atoms with Crippen LogP contribution in [0.2, 0.25) is 0 Å². The molecule has 1 aliphatic heterocycles. The van der Waals surface area contributed by atoms with Crippen LogP contribution in [-0.4, -0.2) is 47.9 Å². The molecule has 0 radical (unpaired) electrons. The Morgan fingerprint density at radius 1 is 1.42 bits per heavy atom. The first-order valence-electron chi connectivity index (χ1n) is 8.57. The number of nitrogens with zero attached hydrogens (tertiary/aromatic N) is 1. The molecule has 0 aromatic heterocycles. The zero-order valence-corrected chi connectivity index (χ0v) is 14.2. The fourth-order valence-electron chi connectivity index (χ4n) is 3.95. The van der Waals surface area contributed by atoms with Crippen molar-refractivity contribution in [2.45, 2.75) is 45.3 Å². The molecular weight excluding hydrogens is 311 g/mol. The predicted molar refractivity (Wildman–Crippen MR) is 89.4 cm³/mol. The fraction of sp³-hybridized carbons (Fsp3) is 0.611. The summed E-state index contributed by atoms with van der Waals surface area (Å²) >= 11 is 0. The van der Waals surface area contributed by atoms with Crippen molar-refractivity contribution in [2.75, 3.05) is 25.0 Å². The summed E-state index contributed by atoms with van der Waals surface area (Å²) in [4.78, 5) is 14.1. The topological polar surface area (TPSA) is 61.8 Å². The molecule has 1 saturated heterocycles. The van der Waals surface area contributed by atoms with Crippen LogP contribution in [0, 0.1) is 18.2 Å². The summed E-state index contributed by atoms with van der Waals surface area (Å²) in [5.74, 6) is -0.361. The van der Waals surface area contributed by atoms with Crippen LogP contribution >= 0.6 is 0 Å². The van der Waals surface area contributed by atoms with Gasteiger partial charge in [0.1, 0.15) is 5.82 Å². The molecule has 1 saturated carbocycles. The van der Waals surface area contributed by atoms with Crippen LogP contribution in [0.15, 0.2) is 18.2 Å². The fourth-order valence-corrected chi connectivity index (χ4v) is 3.95. The second-order valence-electron chi connectivity index (χ2n) is 6.86. The van der Waals surface area contributed by atoms with Crippen LogP contribution in [0.1, 0.15) is 31.7 Å². The minimum atomic E-state index is -0.361. The number of hydrogen-bond donors (Lipinski definition) is 2. The molecule has 2 N–H and O–H groups in total. The van der Waals surface area contributed by atoms with Crippen molar-refractivity contribution in [3.8, 4) is 0 Å². The third-order valence-corrected chi connectivity index (χ3v) is 5.39. The zero-order chi connectivity index (χ0) is 17.3. The van der Waals surface area contributed by atoms with E-state index in [0.717, 1.165) is 18.4 Å². The maximum Gasteiger partial charge on any atom is 0.321 e. The molecule has 3 rings (SSSR count). The summed E-state index contributed by atoms with van der Waals surface area (Å²) in [6.07, 6.45) is 1.89. The lowest BCUT2D eigenvalue weighted by molar-refractivity contribution is -0.207. The quantitative estimate of drug-likeness (QED) is 0.892. The Balaban J connectivity index is 1.59. The van der Waals surface area contributed by atoms with E-state index in [1.165, 1.54) is 12.1 Å². The molecule has 6 heteroatoms. The average Bonchev–Trinajstić information content (AvgIpc) is 2.54. The van der Waals surface area contributed by atoms with Crippen LogP contribution in [0.4, 0.5) is 14.9 Å². The van der Waals surface area contributed by atoms with E-state index in [2.05, 4.69) is 5.32 Å². The van der Waals surface area contributed by atoms with E-state index >= 15 is 0 Å². The molecule has 2 aliphatic rings. The molecule has 2 atom stereocenters. The van der Waals surface area contributed by atoms with Gasteiger partial charge in [-0.2, -0.15) is 0 Å². The van der Waals surface area contributed by atoms with Gasteiger partial charge in [0, 0.05) is 37.2 Å². The molecule has 0 unspecified atom stereocenters. The number of carbonyl (C=O) groups is 1. The SMILES string of the molecule is CCO[C@@H]1C[C@@H](O)C12CCN(C(=O)Nc1cc(C)cc(F)c1)CC2. The van der Waals surface area contributed by atoms with Crippen molar-refractivity contribution in [3.05, 3.63) is 29.6 Å². The lowest BCUT2D eigenvalue weighted by Crippen LogP contribution is -2.63. The minimum absolute atomic E-state index is 0.0913. The Bertz CT molecular complexity index is 592. The first-order chi connectivity index (χ1) is 11.4. The van der Waals surface area contributed by atoms with E-state index in [1.54, 1.807) is 17.9 Å². The summed E-state index contributed by atoms with van der Waals surface area (Å²) in [5, 5.41) is 13.0. The molecule has 1 spiro atoms. The summed E-state index contributed by atoms with van der Waals surface area (Å²) in [7, 11) is 0. The number of hydrogen-bond acceptors (Lipinski definition) is 3. The lowest BCUT2D eigenvalue weighted by atomic mass is 9.58. The monoisotopic (exact) mass is 336 g/mol. The standard InChI is InChI=1S/C18H25FN2O3/c1-3-24-16-11-15(22)18(16)4-6-21(7-5-18)17(23)20-14-9-12(2)8-13(19)10-14/h8-10,15-16,22H,3-7,11H2,1-2H3,(H,20,23)/t15-,16-/m1/s1. The summed E-state index contributed by atoms with van der Waals surface area (Å²) in [5.41, 5.74) is 1.02. The highest BCUT2D eigenvalue weighted by Crippen LogP contribution is 2.50. The van der Waals surface area contributed by atoms with Crippen LogP contribution < -0.4 is 5.32 Å². The van der Waals surface area contributed by atoms with Gasteiger partial charge < -0.3 is 20.1 Å². The molecule has 2 fully saturated rings. The zero-order valence-electron chi connectivity index (χ0n) is 14.2. The summed E-state index contributed by atoms with van der Waals surface area (Å²) in [6.45, 7) is 5.53. The number of rotatable bonds is 3. The number of benzene rings is 1. The Hall–Kier alpha value is -1.66. The Labute approximate surface area is 141 Å². The third-order valence-electron chi connectivity index (χ3n) is 5.39. The molecule has 2 amide bonds. The number of anilines is 1. The van der Waals surface area contributed by atoms with E-state index in [0.29, 0.717) is 31.8 Å². The van der Waals surface area contributed by atoms with Crippen LogP contribution in [0.5, 0.6) is 0 Å². The molecule has 1 aromatic rings. The Morgan fingerprint density at radius 3 is 2.71 bits per heavy atom. The molecule has 1 heterocycles. The molecule has 1 aromatic carbocycles. The van der Waals surface area contributed by atoms with Gasteiger partial charge in [-0.15, -0.1) is 0 Å². The summed E-state index contributed by atoms with van der Waals surface area (Å²) in [6, 6.07) is 4.26. The smallest absolute Gasteiger partial charge is 0.321 e. The first kappa shape index (κ1) is 17.2. The predicted octanol–water partition coefficient (Wildman–Crippen LogP) is 2.92. The highest BCUT2D eigenvalue weighted by molar-refractivity contribution is 5.89. The van der Waals surface area contributed by atoms with Gasteiger partial charge in [-0.1, -0.05) is 0 Å². The number of ether oxygens (including phenoxy) is 1. The van der Waals surface area contributed by atoms with Crippen molar-refractivity contribution in [1.82, 2.24) is 4.90 Å². The third kappa shape index (κ3) is 3.13. The van der Waals surface area contributed by atoms with E-state index in [1.807, 2.05) is 6.92 Å². The van der Waals surface area contributed by atoms with Crippen molar-refractivity contribution in [2.24, 2.45) is 5.41 Å². The minimum Gasteiger partial charge on any atom is -0.392 e. The van der Waals surface area contributed by atoms with E-state index in [-0.39, 0.29) is 29.5 Å². The highest BCUT2D eigenvalue weighted by Gasteiger charge is 2.56. The second kappa shape index (κ2) is 6.69. The number of nitrogens with one attached hydrogen (secondary N) is 1. The van der Waals surface area contributed by atoms with Crippen molar-refractivity contribution >= 4 is 11.7 Å². The molecule has 0 bridgehead atoms. The lowest BCUT2D eigenvalue weighted by Gasteiger charge is -2.56. The maximum absolute atomic E-state index is 13.4. The van der Waals surface area contributed by atoms with Gasteiger partial charge in [0.25, 0.3) is 0 Å². The number of halogens is 1. The molecular formula is C18H25FN2O3. The van der Waals surface area contributed by atoms with Crippen molar-refractivity contribution in [1.29, 1.82) is 0 Å². The van der Waals surface area contributed by atoms with Crippen molar-refractivity contribution < 1.29 is 19.0 Å². The van der Waals surface area contributed by atoms with Gasteiger partial charge in [0.2, 0.25) is 0 Å². The van der Waals surface area contributed by atoms with E-state index in [4.69, 9.17) is 4.74 Å². The van der Waals surface area contributed by atoms with Crippen molar-refractivity contribution in [3.63, 3.8) is 0 Å². The maximum atomic E-state index is 13.4. The number of piperidine rings is 1. The van der Waals surface area contributed by atoms with Crippen LogP contribution in [0.25, 0.3) is 0 Å². The Morgan fingerprint density at radius 2 is 2.12 bits per heavy atom. The average molecular weight is 336 g/mol. The number of urea groups is 1. The van der Waals surface area contributed by atoms with E-state index in [9.17, 15) is 14.3 Å². The largest absolute Gasteiger partial charge is 0.392 e. The van der Waals surface area contributed by atoms with Gasteiger partial charge >= 0.3 is 6.03 Å². The number of aryl methyl sites for hydroxylation is 1. The molecule has 1 aliphatic carbocycles. The number of carbonyl (C=O) groups excluding carboxylic acids is 1. The summed E-state index contributed by atoms with van der Waals surface area (Å²) < 4.78 is 19.2. The van der Waals surface area contributed by atoms with Crippen LogP contribution in [-0.2, 0) is 4.74 Å². The molecule has 24 heavy (non-hydrogen) atoms. The van der Waals surface area contributed by atoms with Crippen LogP contribution in [0.3, 0.4) is 0 Å². The van der Waals surface area contributed by atoms with Gasteiger partial charge in [0.15, 0.2) is 0 Å². The van der Waals surface area contributed by atoms with Gasteiger partial charge in [-0.3, -0.25) is 0 Å². The van der Waals surface area contributed by atoms with Gasteiger partial charge in [0.05, 0.1) is 12.2 Å². The number of aliphatic hydroxyl groups excluding tert-OH is 1. The normalized spacial score (nSPS) is 25.4. The number of amides is 2. The molecule has 132 valence electrons.